The first-order chi connectivity index (χ1) is 4.57. The maximum absolute atomic E-state index is 10.2. The van der Waals surface area contributed by atoms with Crippen LogP contribution in [0.25, 0.3) is 5.73 Å². The summed E-state index contributed by atoms with van der Waals surface area (Å²) in [4.78, 5) is 19.9. The van der Waals surface area contributed by atoms with Crippen molar-refractivity contribution in [3.05, 3.63) is 5.73 Å². The van der Waals surface area contributed by atoms with E-state index in [2.05, 4.69) is 0 Å². The second-order valence-corrected chi connectivity index (χ2v) is 1.61. The predicted molar refractivity (Wildman–Crippen MR) is 27.7 cm³/mol. The predicted octanol–water partition coefficient (Wildman–Crippen LogP) is -1.95. The molecule has 0 heterocycles. The molecule has 0 fully saturated rings. The summed E-state index contributed by atoms with van der Waals surface area (Å²) in [7, 11) is 0. The molecule has 1 amide bonds. The SMILES string of the molecule is [Co+2].[NH-]C(CC(=O)NO)C(=O)[O-]. The molecule has 0 bridgehead atoms. The number of carboxylic acid groups (broad SMARTS) is 1. The molecule has 0 spiro atoms. The average Bonchev–Trinajstić information content (AvgIpc) is 1.87. The molecule has 1 atom stereocenters. The van der Waals surface area contributed by atoms with Crippen molar-refractivity contribution in [1.82, 2.24) is 5.48 Å². The molecule has 0 aromatic carbocycles. The Balaban J connectivity index is 0. The fourth-order valence-corrected chi connectivity index (χ4v) is 0.314. The van der Waals surface area contributed by atoms with Gasteiger partial charge in [-0.05, 0) is 0 Å². The minimum absolute atomic E-state index is 0. The fraction of sp³-hybridized carbons (Fsp3) is 0.500. The maximum Gasteiger partial charge on any atom is 2.00 e. The van der Waals surface area contributed by atoms with Gasteiger partial charge < -0.3 is 15.6 Å². The maximum atomic E-state index is 10.2. The summed E-state index contributed by atoms with van der Waals surface area (Å²) in [6.07, 6.45) is -0.598. The van der Waals surface area contributed by atoms with Crippen molar-refractivity contribution in [2.75, 3.05) is 0 Å². The van der Waals surface area contributed by atoms with Crippen LogP contribution in [0.4, 0.5) is 0 Å². The van der Waals surface area contributed by atoms with Crippen LogP contribution in [0, 0.1) is 0 Å². The van der Waals surface area contributed by atoms with E-state index in [-0.39, 0.29) is 16.8 Å². The summed E-state index contributed by atoms with van der Waals surface area (Å²) in [5.74, 6) is -2.55. The van der Waals surface area contributed by atoms with E-state index in [1.807, 2.05) is 0 Å². The van der Waals surface area contributed by atoms with Gasteiger partial charge in [0.15, 0.2) is 0 Å². The summed E-state index contributed by atoms with van der Waals surface area (Å²) in [5, 5.41) is 17.7. The minimum atomic E-state index is -1.64. The third kappa shape index (κ3) is 5.79. The van der Waals surface area contributed by atoms with Crippen LogP contribution in [-0.4, -0.2) is 23.1 Å². The number of carbonyl (C=O) groups excluding carboxylic acids is 2. The van der Waals surface area contributed by atoms with Crippen LogP contribution in [-0.2, 0) is 26.4 Å². The quantitative estimate of drug-likeness (QED) is 0.411. The van der Waals surface area contributed by atoms with Gasteiger partial charge in [0.25, 0.3) is 0 Å². The standard InChI is InChI=1S/C4H7N2O4.Co/c5-2(4(8)9)1-3(7)6-10;/h2,5,10H,1H2,(H,6,7)(H,8,9);/q-1;+2/p-1. The van der Waals surface area contributed by atoms with Crippen LogP contribution >= 0.6 is 0 Å². The zero-order chi connectivity index (χ0) is 8.15. The molecule has 0 aliphatic carbocycles. The number of rotatable bonds is 3. The van der Waals surface area contributed by atoms with E-state index in [9.17, 15) is 14.7 Å². The normalized spacial score (nSPS) is 11.1. The molecule has 1 unspecified atom stereocenters. The molecule has 0 saturated heterocycles. The van der Waals surface area contributed by atoms with Crippen molar-refractivity contribution in [3.8, 4) is 0 Å². The number of carbonyl (C=O) groups is 2. The van der Waals surface area contributed by atoms with E-state index < -0.39 is 24.3 Å². The zero-order valence-electron chi connectivity index (χ0n) is 5.29. The number of aliphatic carboxylic acids is 1. The van der Waals surface area contributed by atoms with Crippen LogP contribution in [0.2, 0.25) is 0 Å². The Morgan fingerprint density at radius 3 is 2.36 bits per heavy atom. The van der Waals surface area contributed by atoms with Gasteiger partial charge in [-0.25, -0.2) is 5.48 Å². The zero-order valence-corrected chi connectivity index (χ0v) is 6.33. The number of hydrogen-bond acceptors (Lipinski definition) is 4. The topological polar surface area (TPSA) is 113 Å². The van der Waals surface area contributed by atoms with Crippen LogP contribution in [0.5, 0.6) is 0 Å². The Kier molecular flexibility index (Phi) is 7.21. The molecule has 0 aromatic heterocycles. The molecule has 3 N–H and O–H groups in total. The van der Waals surface area contributed by atoms with Gasteiger partial charge in [-0.1, -0.05) is 6.04 Å². The van der Waals surface area contributed by atoms with E-state index in [0.29, 0.717) is 0 Å². The molecule has 1 radical (unpaired) electrons. The van der Waals surface area contributed by atoms with Crippen molar-refractivity contribution >= 4 is 11.9 Å². The van der Waals surface area contributed by atoms with Crippen LogP contribution in [0.15, 0.2) is 0 Å². The van der Waals surface area contributed by atoms with E-state index in [0.717, 1.165) is 0 Å². The van der Waals surface area contributed by atoms with Crippen LogP contribution in [0.1, 0.15) is 6.42 Å². The minimum Gasteiger partial charge on any atom is -0.669 e. The Morgan fingerprint density at radius 2 is 2.09 bits per heavy atom. The molecule has 0 rings (SSSR count). The summed E-state index contributed by atoms with van der Waals surface area (Å²) >= 11 is 0. The Bertz CT molecular complexity index is 151. The molecule has 0 saturated carbocycles. The van der Waals surface area contributed by atoms with E-state index in [1.165, 1.54) is 5.48 Å². The summed E-state index contributed by atoms with van der Waals surface area (Å²) in [6.45, 7) is 0. The molecular weight excluding hydrogens is 199 g/mol. The number of carboxylic acids is 1. The van der Waals surface area contributed by atoms with Crippen molar-refractivity contribution < 1.29 is 36.7 Å². The van der Waals surface area contributed by atoms with E-state index >= 15 is 0 Å². The molecule has 6 nitrogen and oxygen atoms in total. The smallest absolute Gasteiger partial charge is 0.669 e. The Hall–Kier alpha value is -0.634. The first-order valence-electron chi connectivity index (χ1n) is 2.43. The summed E-state index contributed by atoms with van der Waals surface area (Å²) in [6, 6.07) is -1.62. The van der Waals surface area contributed by atoms with Gasteiger partial charge in [-0.2, -0.15) is 0 Å². The average molecular weight is 205 g/mol. The Labute approximate surface area is 72.9 Å². The van der Waals surface area contributed by atoms with E-state index in [1.54, 1.807) is 0 Å². The van der Waals surface area contributed by atoms with Gasteiger partial charge in [0, 0.05) is 12.4 Å². The van der Waals surface area contributed by atoms with Crippen LogP contribution < -0.4 is 10.6 Å². The van der Waals surface area contributed by atoms with Crippen molar-refractivity contribution in [3.63, 3.8) is 0 Å². The van der Waals surface area contributed by atoms with Crippen molar-refractivity contribution in [2.24, 2.45) is 0 Å². The van der Waals surface area contributed by atoms with Gasteiger partial charge in [-0.3, -0.25) is 10.0 Å². The summed E-state index contributed by atoms with van der Waals surface area (Å²) in [5.41, 5.74) is 7.83. The number of hydrogen-bond donors (Lipinski definition) is 2. The summed E-state index contributed by atoms with van der Waals surface area (Å²) < 4.78 is 0. The van der Waals surface area contributed by atoms with Gasteiger partial charge in [0.1, 0.15) is 0 Å². The third-order valence-electron chi connectivity index (χ3n) is 0.799. The molecule has 11 heavy (non-hydrogen) atoms. The van der Waals surface area contributed by atoms with E-state index in [4.69, 9.17) is 10.9 Å². The van der Waals surface area contributed by atoms with Gasteiger partial charge in [0.2, 0.25) is 5.91 Å². The van der Waals surface area contributed by atoms with Gasteiger partial charge in [-0.15, -0.1) is 0 Å². The number of hydroxylamine groups is 1. The molecule has 0 aliphatic heterocycles. The largest absolute Gasteiger partial charge is 2.00 e. The second kappa shape index (κ2) is 6.10. The third-order valence-corrected chi connectivity index (χ3v) is 0.799. The van der Waals surface area contributed by atoms with Gasteiger partial charge >= 0.3 is 16.8 Å². The molecular formula is C4H6CoN2O4. The molecule has 7 heteroatoms. The second-order valence-electron chi connectivity index (χ2n) is 1.61. The van der Waals surface area contributed by atoms with Gasteiger partial charge in [0.05, 0.1) is 0 Å². The Morgan fingerprint density at radius 1 is 1.64 bits per heavy atom. The first-order valence-corrected chi connectivity index (χ1v) is 2.43. The van der Waals surface area contributed by atoms with Crippen LogP contribution in [0.3, 0.4) is 0 Å². The molecule has 0 aromatic rings. The molecule has 65 valence electrons. The fourth-order valence-electron chi connectivity index (χ4n) is 0.314. The number of nitrogens with one attached hydrogen (secondary N) is 2. The van der Waals surface area contributed by atoms with Crippen molar-refractivity contribution in [2.45, 2.75) is 12.5 Å². The first kappa shape index (κ1) is 13.0. The van der Waals surface area contributed by atoms with Crippen molar-refractivity contribution in [1.29, 1.82) is 0 Å². The monoisotopic (exact) mass is 205 g/mol. The molecule has 0 aliphatic rings. The number of amides is 1.